The number of amides is 1. The number of para-hydroxylation sites is 1. The molecular formula is C23H19N3O2. The van der Waals surface area contributed by atoms with E-state index in [4.69, 9.17) is 10.5 Å². The first-order valence-electron chi connectivity index (χ1n) is 8.94. The molecule has 28 heavy (non-hydrogen) atoms. The van der Waals surface area contributed by atoms with Crippen molar-refractivity contribution in [2.75, 3.05) is 5.73 Å². The monoisotopic (exact) mass is 369 g/mol. The summed E-state index contributed by atoms with van der Waals surface area (Å²) >= 11 is 0. The molecule has 0 unspecified atom stereocenters. The van der Waals surface area contributed by atoms with Crippen molar-refractivity contribution in [3.05, 3.63) is 96.2 Å². The Kier molecular flexibility index (Phi) is 4.89. The molecule has 4 rings (SSSR count). The lowest BCUT2D eigenvalue weighted by Gasteiger charge is -2.11. The maximum absolute atomic E-state index is 12.5. The molecule has 1 amide bonds. The van der Waals surface area contributed by atoms with Crippen molar-refractivity contribution in [1.29, 1.82) is 0 Å². The van der Waals surface area contributed by atoms with Gasteiger partial charge in [0.15, 0.2) is 0 Å². The number of hydrogen-bond acceptors (Lipinski definition) is 4. The van der Waals surface area contributed by atoms with E-state index in [0.29, 0.717) is 34.8 Å². The number of aromatic nitrogens is 1. The van der Waals surface area contributed by atoms with Crippen LogP contribution in [0.5, 0.6) is 11.5 Å². The molecule has 5 nitrogen and oxygen atoms in total. The van der Waals surface area contributed by atoms with Gasteiger partial charge in [0.1, 0.15) is 11.5 Å². The highest BCUT2D eigenvalue weighted by atomic mass is 16.5. The second-order valence-electron chi connectivity index (χ2n) is 6.35. The minimum atomic E-state index is -0.155. The third-order valence-electron chi connectivity index (χ3n) is 4.38. The fraction of sp³-hybridized carbons (Fsp3) is 0.0435. The third kappa shape index (κ3) is 3.78. The second kappa shape index (κ2) is 7.80. The molecule has 0 spiro atoms. The predicted octanol–water partition coefficient (Wildman–Crippen LogP) is 4.54. The number of carbonyl (C=O) groups excluding carboxylic acids is 1. The van der Waals surface area contributed by atoms with Gasteiger partial charge >= 0.3 is 0 Å². The van der Waals surface area contributed by atoms with Crippen molar-refractivity contribution >= 4 is 22.5 Å². The molecule has 4 aromatic rings. The molecule has 5 heteroatoms. The van der Waals surface area contributed by atoms with Gasteiger partial charge in [-0.1, -0.05) is 42.5 Å². The van der Waals surface area contributed by atoms with Crippen LogP contribution in [-0.2, 0) is 6.54 Å². The molecule has 0 aliphatic rings. The zero-order valence-corrected chi connectivity index (χ0v) is 15.1. The topological polar surface area (TPSA) is 77.2 Å². The number of benzene rings is 3. The molecule has 138 valence electrons. The van der Waals surface area contributed by atoms with Crippen molar-refractivity contribution in [3.63, 3.8) is 0 Å². The van der Waals surface area contributed by atoms with Crippen LogP contribution in [-0.4, -0.2) is 10.9 Å². The Morgan fingerprint density at radius 2 is 1.79 bits per heavy atom. The van der Waals surface area contributed by atoms with Gasteiger partial charge in [0.2, 0.25) is 0 Å². The summed E-state index contributed by atoms with van der Waals surface area (Å²) in [4.78, 5) is 16.8. The van der Waals surface area contributed by atoms with E-state index in [1.165, 1.54) is 0 Å². The standard InChI is InChI=1S/C23H19N3O2/c24-20-11-5-10-19-21(12-13-25-22(19)20)28-18-9-4-8-17(14-18)23(27)26-15-16-6-2-1-3-7-16/h1-14H,15,24H2,(H,26,27). The van der Waals surface area contributed by atoms with Crippen LogP contribution in [0.1, 0.15) is 15.9 Å². The lowest BCUT2D eigenvalue weighted by molar-refractivity contribution is 0.0950. The van der Waals surface area contributed by atoms with E-state index < -0.39 is 0 Å². The Morgan fingerprint density at radius 3 is 2.64 bits per heavy atom. The number of carbonyl (C=O) groups is 1. The number of nitrogens with zero attached hydrogens (tertiary/aromatic N) is 1. The zero-order valence-electron chi connectivity index (χ0n) is 15.1. The Labute approximate surface area is 162 Å². The Morgan fingerprint density at radius 1 is 0.964 bits per heavy atom. The van der Waals surface area contributed by atoms with Crippen LogP contribution in [0.4, 0.5) is 5.69 Å². The van der Waals surface area contributed by atoms with Gasteiger partial charge in [-0.3, -0.25) is 9.78 Å². The van der Waals surface area contributed by atoms with E-state index in [-0.39, 0.29) is 5.91 Å². The third-order valence-corrected chi connectivity index (χ3v) is 4.38. The number of fused-ring (bicyclic) bond motifs is 1. The predicted molar refractivity (Wildman–Crippen MR) is 110 cm³/mol. The van der Waals surface area contributed by atoms with Gasteiger partial charge in [-0.25, -0.2) is 0 Å². The van der Waals surface area contributed by atoms with E-state index in [2.05, 4.69) is 10.3 Å². The smallest absolute Gasteiger partial charge is 0.251 e. The molecule has 3 N–H and O–H groups in total. The van der Waals surface area contributed by atoms with Crippen molar-refractivity contribution in [2.45, 2.75) is 6.54 Å². The average molecular weight is 369 g/mol. The van der Waals surface area contributed by atoms with Crippen LogP contribution in [0.2, 0.25) is 0 Å². The number of nitrogens with one attached hydrogen (secondary N) is 1. The number of nitrogen functional groups attached to an aromatic ring is 1. The van der Waals surface area contributed by atoms with Crippen molar-refractivity contribution < 1.29 is 9.53 Å². The molecule has 0 radical (unpaired) electrons. The first kappa shape index (κ1) is 17.5. The summed E-state index contributed by atoms with van der Waals surface area (Å²) in [5, 5.41) is 3.74. The molecular weight excluding hydrogens is 350 g/mol. The highest BCUT2D eigenvalue weighted by Crippen LogP contribution is 2.31. The van der Waals surface area contributed by atoms with Gasteiger partial charge in [-0.15, -0.1) is 0 Å². The quantitative estimate of drug-likeness (QED) is 0.506. The highest BCUT2D eigenvalue weighted by molar-refractivity contribution is 5.95. The minimum Gasteiger partial charge on any atom is -0.457 e. The van der Waals surface area contributed by atoms with Crippen molar-refractivity contribution in [2.24, 2.45) is 0 Å². The highest BCUT2D eigenvalue weighted by Gasteiger charge is 2.10. The minimum absolute atomic E-state index is 0.155. The summed E-state index contributed by atoms with van der Waals surface area (Å²) in [6.45, 7) is 0.471. The van der Waals surface area contributed by atoms with Crippen LogP contribution in [0.3, 0.4) is 0 Å². The lowest BCUT2D eigenvalue weighted by atomic mass is 10.1. The summed E-state index contributed by atoms with van der Waals surface area (Å²) in [6, 6.07) is 24.2. The fourth-order valence-electron chi connectivity index (χ4n) is 2.97. The van der Waals surface area contributed by atoms with E-state index in [1.54, 1.807) is 36.5 Å². The van der Waals surface area contributed by atoms with Gasteiger partial charge in [-0.2, -0.15) is 0 Å². The Balaban J connectivity index is 1.53. The molecule has 0 aliphatic carbocycles. The molecule has 0 bridgehead atoms. The van der Waals surface area contributed by atoms with Crippen LogP contribution in [0, 0.1) is 0 Å². The van der Waals surface area contributed by atoms with Crippen LogP contribution in [0.25, 0.3) is 10.9 Å². The Hall–Kier alpha value is -3.86. The van der Waals surface area contributed by atoms with E-state index >= 15 is 0 Å². The van der Waals surface area contributed by atoms with Gasteiger partial charge in [0, 0.05) is 23.7 Å². The van der Waals surface area contributed by atoms with E-state index in [0.717, 1.165) is 10.9 Å². The number of ether oxygens (including phenoxy) is 1. The van der Waals surface area contributed by atoms with Gasteiger partial charge in [-0.05, 0) is 42.0 Å². The van der Waals surface area contributed by atoms with Crippen LogP contribution in [0.15, 0.2) is 85.1 Å². The molecule has 1 aromatic heterocycles. The maximum Gasteiger partial charge on any atom is 0.251 e. The first-order chi connectivity index (χ1) is 13.7. The lowest BCUT2D eigenvalue weighted by Crippen LogP contribution is -2.22. The molecule has 0 atom stereocenters. The summed E-state index contributed by atoms with van der Waals surface area (Å²) in [5.74, 6) is 1.06. The maximum atomic E-state index is 12.5. The number of nitrogens with two attached hydrogens (primary N) is 1. The summed E-state index contributed by atoms with van der Waals surface area (Å²) in [7, 11) is 0. The van der Waals surface area contributed by atoms with Crippen LogP contribution >= 0.6 is 0 Å². The number of hydrogen-bond donors (Lipinski definition) is 2. The van der Waals surface area contributed by atoms with Gasteiger partial charge in [0.05, 0.1) is 11.2 Å². The molecule has 3 aromatic carbocycles. The van der Waals surface area contributed by atoms with Crippen molar-refractivity contribution in [3.8, 4) is 11.5 Å². The first-order valence-corrected chi connectivity index (χ1v) is 8.94. The van der Waals surface area contributed by atoms with Crippen LogP contribution < -0.4 is 15.8 Å². The molecule has 0 saturated carbocycles. The largest absolute Gasteiger partial charge is 0.457 e. The number of pyridine rings is 1. The summed E-state index contributed by atoms with van der Waals surface area (Å²) < 4.78 is 6.02. The molecule has 0 saturated heterocycles. The SMILES string of the molecule is Nc1cccc2c(Oc3cccc(C(=O)NCc4ccccc4)c3)ccnc12. The second-order valence-corrected chi connectivity index (χ2v) is 6.35. The normalized spacial score (nSPS) is 10.6. The average Bonchev–Trinajstić information content (AvgIpc) is 2.74. The zero-order chi connectivity index (χ0) is 19.3. The van der Waals surface area contributed by atoms with Crippen molar-refractivity contribution in [1.82, 2.24) is 10.3 Å². The van der Waals surface area contributed by atoms with E-state index in [9.17, 15) is 4.79 Å². The molecule has 0 aliphatic heterocycles. The van der Waals surface area contributed by atoms with Gasteiger partial charge < -0.3 is 15.8 Å². The Bertz CT molecular complexity index is 1130. The van der Waals surface area contributed by atoms with Gasteiger partial charge in [0.25, 0.3) is 5.91 Å². The molecule has 1 heterocycles. The summed E-state index contributed by atoms with van der Waals surface area (Å²) in [5.41, 5.74) is 8.86. The fourth-order valence-corrected chi connectivity index (χ4v) is 2.97. The number of rotatable bonds is 5. The summed E-state index contributed by atoms with van der Waals surface area (Å²) in [6.07, 6.45) is 1.66. The molecule has 0 fully saturated rings. The number of anilines is 1. The van der Waals surface area contributed by atoms with E-state index in [1.807, 2.05) is 48.5 Å².